The third-order valence-corrected chi connectivity index (χ3v) is 6.12. The first-order valence-electron chi connectivity index (χ1n) is 9.99. The summed E-state index contributed by atoms with van der Waals surface area (Å²) in [4.78, 5) is 29.6. The first-order valence-corrected chi connectivity index (χ1v) is 10.5. The summed E-state index contributed by atoms with van der Waals surface area (Å²) in [6.07, 6.45) is 0. The number of hydrogen-bond acceptors (Lipinski definition) is 3. The maximum absolute atomic E-state index is 13.5. The lowest BCUT2D eigenvalue weighted by molar-refractivity contribution is -0.114. The van der Waals surface area contributed by atoms with Crippen molar-refractivity contribution < 1.29 is 14.7 Å². The molecule has 0 fully saturated rings. The van der Waals surface area contributed by atoms with Gasteiger partial charge in [-0.3, -0.25) is 9.59 Å². The lowest BCUT2D eigenvalue weighted by Crippen LogP contribution is -2.30. The van der Waals surface area contributed by atoms with Crippen LogP contribution in [0.1, 0.15) is 28.9 Å². The topological polar surface area (TPSA) is 85.4 Å². The molecule has 1 aliphatic heterocycles. The molecule has 1 aromatic heterocycles. The lowest BCUT2D eigenvalue weighted by atomic mass is 9.95. The zero-order valence-corrected chi connectivity index (χ0v) is 17.5. The summed E-state index contributed by atoms with van der Waals surface area (Å²) < 4.78 is 0. The van der Waals surface area contributed by atoms with Crippen LogP contribution < -0.4 is 10.2 Å². The Labute approximate surface area is 183 Å². The van der Waals surface area contributed by atoms with Gasteiger partial charge in [-0.15, -0.1) is 11.6 Å². The van der Waals surface area contributed by atoms with Gasteiger partial charge in [0.05, 0.1) is 5.69 Å². The van der Waals surface area contributed by atoms with Gasteiger partial charge in [-0.25, -0.2) is 0 Å². The summed E-state index contributed by atoms with van der Waals surface area (Å²) in [5.41, 5.74) is 3.57. The summed E-state index contributed by atoms with van der Waals surface area (Å²) in [5.74, 6) is 0.138. The number of hydrogen-bond donors (Lipinski definition) is 3. The zero-order valence-electron chi connectivity index (χ0n) is 16.8. The van der Waals surface area contributed by atoms with Gasteiger partial charge in [0.25, 0.3) is 5.91 Å². The summed E-state index contributed by atoms with van der Waals surface area (Å²) >= 11 is 6.27. The zero-order chi connectivity index (χ0) is 21.7. The minimum Gasteiger partial charge on any atom is -0.507 e. The van der Waals surface area contributed by atoms with Crippen LogP contribution in [0.15, 0.2) is 54.6 Å². The van der Waals surface area contributed by atoms with E-state index in [1.54, 1.807) is 23.1 Å². The van der Waals surface area contributed by atoms with E-state index in [1.807, 2.05) is 36.4 Å². The predicted octanol–water partition coefficient (Wildman–Crippen LogP) is 4.97. The first kappa shape index (κ1) is 19.5. The molecule has 0 spiro atoms. The molecule has 2 amide bonds. The molecule has 1 unspecified atom stereocenters. The molecule has 2 heterocycles. The average Bonchev–Trinajstić information content (AvgIpc) is 3.34. The SMILES string of the molecule is CC(=O)Nc1ccc2[nH]c(C(=O)N3CC(CCl)c4c3cc(O)c3ccccc43)cc2c1. The van der Waals surface area contributed by atoms with Crippen molar-refractivity contribution in [1.29, 1.82) is 0 Å². The van der Waals surface area contributed by atoms with Crippen LogP contribution in [0.4, 0.5) is 11.4 Å². The van der Waals surface area contributed by atoms with Crippen LogP contribution in [0.3, 0.4) is 0 Å². The normalized spacial score (nSPS) is 15.4. The maximum atomic E-state index is 13.5. The minimum atomic E-state index is -0.194. The van der Waals surface area contributed by atoms with Crippen LogP contribution in [0.5, 0.6) is 5.75 Å². The Kier molecular flexibility index (Phi) is 4.59. The number of phenolic OH excluding ortho intramolecular Hbond substituents is 1. The summed E-state index contributed by atoms with van der Waals surface area (Å²) in [6.45, 7) is 1.89. The second-order valence-electron chi connectivity index (χ2n) is 7.81. The Balaban J connectivity index is 1.57. The number of aromatic nitrogens is 1. The molecule has 31 heavy (non-hydrogen) atoms. The number of carbonyl (C=O) groups is 2. The van der Waals surface area contributed by atoms with Gasteiger partial charge in [0.15, 0.2) is 0 Å². The van der Waals surface area contributed by atoms with Crippen LogP contribution in [0.25, 0.3) is 21.7 Å². The number of benzene rings is 3. The van der Waals surface area contributed by atoms with E-state index < -0.39 is 0 Å². The molecule has 156 valence electrons. The fourth-order valence-electron chi connectivity index (χ4n) is 4.42. The van der Waals surface area contributed by atoms with Crippen LogP contribution >= 0.6 is 11.6 Å². The van der Waals surface area contributed by atoms with Gasteiger partial charge in [0.2, 0.25) is 5.91 Å². The number of nitrogens with zero attached hydrogens (tertiary/aromatic N) is 1. The number of carbonyl (C=O) groups excluding carboxylic acids is 2. The summed E-state index contributed by atoms with van der Waals surface area (Å²) in [7, 11) is 0. The van der Waals surface area contributed by atoms with E-state index in [0.717, 1.165) is 27.2 Å². The number of H-pyrrole nitrogens is 1. The van der Waals surface area contributed by atoms with Crippen molar-refractivity contribution in [2.75, 3.05) is 22.6 Å². The molecule has 5 rings (SSSR count). The number of aromatic amines is 1. The Morgan fingerprint density at radius 1 is 1.16 bits per heavy atom. The number of amides is 2. The highest BCUT2D eigenvalue weighted by molar-refractivity contribution is 6.19. The predicted molar refractivity (Wildman–Crippen MR) is 123 cm³/mol. The third-order valence-electron chi connectivity index (χ3n) is 5.75. The second kappa shape index (κ2) is 7.32. The Morgan fingerprint density at radius 2 is 1.94 bits per heavy atom. The molecule has 3 N–H and O–H groups in total. The fourth-order valence-corrected chi connectivity index (χ4v) is 4.67. The maximum Gasteiger partial charge on any atom is 0.274 e. The third kappa shape index (κ3) is 3.20. The largest absolute Gasteiger partial charge is 0.507 e. The van der Waals surface area contributed by atoms with Crippen LogP contribution in [-0.2, 0) is 4.79 Å². The van der Waals surface area contributed by atoms with E-state index in [0.29, 0.717) is 29.5 Å². The Hall–Kier alpha value is -3.51. The molecule has 0 radical (unpaired) electrons. The van der Waals surface area contributed by atoms with Crippen LogP contribution in [0.2, 0.25) is 0 Å². The van der Waals surface area contributed by atoms with E-state index >= 15 is 0 Å². The molecular formula is C24H20ClN3O3. The second-order valence-corrected chi connectivity index (χ2v) is 8.12. The van der Waals surface area contributed by atoms with Gasteiger partial charge in [-0.2, -0.15) is 0 Å². The van der Waals surface area contributed by atoms with E-state index in [9.17, 15) is 14.7 Å². The molecule has 6 nitrogen and oxygen atoms in total. The molecule has 1 atom stereocenters. The van der Waals surface area contributed by atoms with Gasteiger partial charge in [0.1, 0.15) is 11.4 Å². The molecule has 1 aliphatic rings. The van der Waals surface area contributed by atoms with Crippen molar-refractivity contribution >= 4 is 56.5 Å². The minimum absolute atomic E-state index is 0.0261. The molecular weight excluding hydrogens is 414 g/mol. The van der Waals surface area contributed by atoms with Gasteiger partial charge in [-0.1, -0.05) is 24.3 Å². The Morgan fingerprint density at radius 3 is 2.68 bits per heavy atom. The highest BCUT2D eigenvalue weighted by Crippen LogP contribution is 2.45. The molecule has 7 heteroatoms. The number of anilines is 2. The first-order chi connectivity index (χ1) is 15.0. The van der Waals surface area contributed by atoms with Crippen molar-refractivity contribution in [1.82, 2.24) is 4.98 Å². The molecule has 3 aromatic carbocycles. The number of halogens is 1. The molecule has 0 aliphatic carbocycles. The molecule has 0 bridgehead atoms. The number of nitrogens with one attached hydrogen (secondary N) is 2. The van der Waals surface area contributed by atoms with Crippen molar-refractivity contribution in [3.63, 3.8) is 0 Å². The van der Waals surface area contributed by atoms with E-state index in [2.05, 4.69) is 10.3 Å². The highest BCUT2D eigenvalue weighted by atomic mass is 35.5. The van der Waals surface area contributed by atoms with Crippen molar-refractivity contribution in [3.05, 3.63) is 65.9 Å². The lowest BCUT2D eigenvalue weighted by Gasteiger charge is -2.17. The van der Waals surface area contributed by atoms with Crippen molar-refractivity contribution in [3.8, 4) is 5.75 Å². The molecule has 4 aromatic rings. The van der Waals surface area contributed by atoms with Gasteiger partial charge in [0, 0.05) is 53.3 Å². The molecule has 0 saturated heterocycles. The monoisotopic (exact) mass is 433 g/mol. The number of alkyl halides is 1. The average molecular weight is 434 g/mol. The van der Waals surface area contributed by atoms with Gasteiger partial charge < -0.3 is 20.3 Å². The standard InChI is InChI=1S/C24H20ClN3O3/c1-13(29)26-16-6-7-19-14(8-16)9-20(27-19)24(31)28-12-15(11-25)23-18-5-3-2-4-17(18)22(30)10-21(23)28/h2-10,15,27,30H,11-12H2,1H3,(H,26,29). The highest BCUT2D eigenvalue weighted by Gasteiger charge is 2.35. The van der Waals surface area contributed by atoms with Gasteiger partial charge >= 0.3 is 0 Å². The van der Waals surface area contributed by atoms with Crippen molar-refractivity contribution in [2.24, 2.45) is 0 Å². The van der Waals surface area contributed by atoms with Crippen LogP contribution in [0, 0.1) is 0 Å². The quantitative estimate of drug-likeness (QED) is 0.399. The summed E-state index contributed by atoms with van der Waals surface area (Å²) in [5, 5.41) is 15.8. The smallest absolute Gasteiger partial charge is 0.274 e. The fraction of sp³-hybridized carbons (Fsp3) is 0.167. The van der Waals surface area contributed by atoms with E-state index in [4.69, 9.17) is 11.6 Å². The number of aromatic hydroxyl groups is 1. The van der Waals surface area contributed by atoms with E-state index in [1.165, 1.54) is 6.92 Å². The summed E-state index contributed by atoms with van der Waals surface area (Å²) in [6, 6.07) is 16.5. The Bertz CT molecular complexity index is 1360. The molecule has 0 saturated carbocycles. The van der Waals surface area contributed by atoms with Crippen molar-refractivity contribution in [2.45, 2.75) is 12.8 Å². The number of rotatable bonds is 3. The van der Waals surface area contributed by atoms with Crippen LogP contribution in [-0.4, -0.2) is 34.3 Å². The van der Waals surface area contributed by atoms with Gasteiger partial charge in [-0.05, 0) is 35.2 Å². The number of fused-ring (bicyclic) bond motifs is 4. The van der Waals surface area contributed by atoms with E-state index in [-0.39, 0.29) is 23.5 Å². The number of phenols is 1.